The molecule has 4 aliphatic carbocycles. The van der Waals surface area contributed by atoms with Crippen LogP contribution in [-0.4, -0.2) is 24.3 Å². The molecule has 0 heterocycles. The summed E-state index contributed by atoms with van der Waals surface area (Å²) in [6, 6.07) is 0. The second-order valence-corrected chi connectivity index (χ2v) is 11.0. The maximum atomic E-state index is 12.0. The molecule has 0 saturated heterocycles. The molecule has 4 unspecified atom stereocenters. The predicted molar refractivity (Wildman–Crippen MR) is 110 cm³/mol. The molecule has 0 aliphatic heterocycles. The summed E-state index contributed by atoms with van der Waals surface area (Å²) in [6.45, 7) is 8.96. The normalized spacial score (nSPS) is 45.0. The van der Waals surface area contributed by atoms with Gasteiger partial charge in [-0.05, 0) is 102 Å². The van der Waals surface area contributed by atoms with Crippen molar-refractivity contribution in [3.8, 4) is 0 Å². The number of hydrogen-bond acceptors (Lipinski definition) is 3. The van der Waals surface area contributed by atoms with Gasteiger partial charge in [0, 0.05) is 12.3 Å². The smallest absolute Gasteiger partial charge is 0.322 e. The second-order valence-electron chi connectivity index (χ2n) is 10.1. The molecular weight excluding hydrogens is 355 g/mol. The van der Waals surface area contributed by atoms with Crippen LogP contribution in [0.3, 0.4) is 0 Å². The summed E-state index contributed by atoms with van der Waals surface area (Å²) >= 11 is 0. The van der Waals surface area contributed by atoms with Crippen LogP contribution in [0.2, 0.25) is 0 Å². The Bertz CT molecular complexity index is 671. The molecule has 4 rings (SSSR count). The molecule has 4 aliphatic rings. The Morgan fingerprint density at radius 2 is 1.93 bits per heavy atom. The molecule has 8 atom stereocenters. The van der Waals surface area contributed by atoms with Crippen LogP contribution in [0, 0.1) is 34.5 Å². The highest BCUT2D eigenvalue weighted by Crippen LogP contribution is 2.67. The zero-order chi connectivity index (χ0) is 19.4. The zero-order valence-electron chi connectivity index (χ0n) is 17.3. The Morgan fingerprint density at radius 3 is 2.67 bits per heavy atom. The molecule has 0 amide bonds. The fourth-order valence-electron chi connectivity index (χ4n) is 7.68. The predicted octanol–water partition coefficient (Wildman–Crippen LogP) is 5.97. The summed E-state index contributed by atoms with van der Waals surface area (Å²) in [5.74, 6) is 3.11. The highest BCUT2D eigenvalue weighted by atomic mass is 31.1. The van der Waals surface area contributed by atoms with E-state index in [0.29, 0.717) is 17.1 Å². The average molecular weight is 391 g/mol. The van der Waals surface area contributed by atoms with Crippen LogP contribution < -0.4 is 0 Å². The molecule has 150 valence electrons. The molecule has 0 aromatic rings. The molecular formula is C23H35O3P. The van der Waals surface area contributed by atoms with Crippen molar-refractivity contribution in [3.63, 3.8) is 0 Å². The van der Waals surface area contributed by atoms with Crippen molar-refractivity contribution in [2.45, 2.75) is 78.2 Å². The van der Waals surface area contributed by atoms with E-state index in [-0.39, 0.29) is 25.8 Å². The van der Waals surface area contributed by atoms with E-state index in [9.17, 15) is 9.59 Å². The zero-order valence-corrected chi connectivity index (χ0v) is 18.3. The van der Waals surface area contributed by atoms with Crippen LogP contribution in [0.25, 0.3) is 0 Å². The van der Waals surface area contributed by atoms with Crippen LogP contribution in [0.4, 0.5) is 4.79 Å². The summed E-state index contributed by atoms with van der Waals surface area (Å²) in [5.41, 5.74) is 1.97. The Kier molecular flexibility index (Phi) is 5.07. The number of carbonyl (C=O) groups excluding carboxylic acids is 2. The van der Waals surface area contributed by atoms with Crippen molar-refractivity contribution in [1.29, 1.82) is 0 Å². The largest absolute Gasteiger partial charge is 0.459 e. The summed E-state index contributed by atoms with van der Waals surface area (Å²) in [6.07, 6.45) is 11.2. The van der Waals surface area contributed by atoms with Gasteiger partial charge in [-0.3, -0.25) is 4.79 Å². The van der Waals surface area contributed by atoms with Gasteiger partial charge in [0.05, 0.1) is 0 Å². The van der Waals surface area contributed by atoms with E-state index in [0.717, 1.165) is 37.0 Å². The van der Waals surface area contributed by atoms with E-state index in [4.69, 9.17) is 4.74 Å². The first-order valence-electron chi connectivity index (χ1n) is 10.9. The van der Waals surface area contributed by atoms with Gasteiger partial charge in [-0.2, -0.15) is 0 Å². The number of ether oxygens (including phenoxy) is 1. The lowest BCUT2D eigenvalue weighted by molar-refractivity contribution is -0.117. The minimum Gasteiger partial charge on any atom is -0.459 e. The maximum absolute atomic E-state index is 12.0. The fourth-order valence-corrected chi connectivity index (χ4v) is 7.98. The Balaban J connectivity index is 1.56. The van der Waals surface area contributed by atoms with Gasteiger partial charge in [-0.25, -0.2) is 4.79 Å². The SMILES string of the molecule is CPC(=O)O[C@@H](C)[C@H]1CCC2C3CCC4=CC(=O)CC[C@]4(C)C3CC[C@@]21C. The number of ketones is 1. The molecule has 0 N–H and O–H groups in total. The maximum Gasteiger partial charge on any atom is 0.322 e. The van der Waals surface area contributed by atoms with Crippen molar-refractivity contribution >= 4 is 20.1 Å². The van der Waals surface area contributed by atoms with Crippen molar-refractivity contribution in [2.24, 2.45) is 34.5 Å². The molecule has 4 heteroatoms. The first-order chi connectivity index (χ1) is 12.8. The van der Waals surface area contributed by atoms with Gasteiger partial charge in [0.15, 0.2) is 5.78 Å². The molecule has 3 nitrogen and oxygen atoms in total. The van der Waals surface area contributed by atoms with E-state index in [1.165, 1.54) is 37.7 Å². The minimum atomic E-state index is -0.0323. The van der Waals surface area contributed by atoms with Crippen molar-refractivity contribution in [1.82, 2.24) is 0 Å². The van der Waals surface area contributed by atoms with Crippen LogP contribution in [0.1, 0.15) is 72.1 Å². The van der Waals surface area contributed by atoms with Crippen molar-refractivity contribution in [3.05, 3.63) is 11.6 Å². The topological polar surface area (TPSA) is 43.4 Å². The van der Waals surface area contributed by atoms with Gasteiger partial charge in [0.1, 0.15) is 6.10 Å². The van der Waals surface area contributed by atoms with E-state index >= 15 is 0 Å². The van der Waals surface area contributed by atoms with E-state index in [2.05, 4.69) is 20.8 Å². The van der Waals surface area contributed by atoms with Gasteiger partial charge < -0.3 is 4.74 Å². The highest BCUT2D eigenvalue weighted by Gasteiger charge is 2.59. The quantitative estimate of drug-likeness (QED) is 0.558. The molecule has 0 aromatic heterocycles. The number of hydrogen-bond donors (Lipinski definition) is 0. The number of fused-ring (bicyclic) bond motifs is 5. The van der Waals surface area contributed by atoms with Gasteiger partial charge in [0.25, 0.3) is 0 Å². The van der Waals surface area contributed by atoms with Crippen molar-refractivity contribution in [2.75, 3.05) is 6.66 Å². The van der Waals surface area contributed by atoms with Crippen LogP contribution in [-0.2, 0) is 9.53 Å². The van der Waals surface area contributed by atoms with E-state index in [1.54, 1.807) is 0 Å². The van der Waals surface area contributed by atoms with Gasteiger partial charge in [0.2, 0.25) is 0 Å². The lowest BCUT2D eigenvalue weighted by Crippen LogP contribution is -2.51. The monoisotopic (exact) mass is 390 g/mol. The molecule has 0 aromatic carbocycles. The first kappa shape index (κ1) is 19.6. The third kappa shape index (κ3) is 3.04. The second kappa shape index (κ2) is 6.97. The van der Waals surface area contributed by atoms with Crippen LogP contribution >= 0.6 is 8.58 Å². The van der Waals surface area contributed by atoms with Crippen LogP contribution in [0.5, 0.6) is 0 Å². The Hall–Kier alpha value is -0.690. The molecule has 0 spiro atoms. The Labute approximate surface area is 165 Å². The third-order valence-electron chi connectivity index (χ3n) is 9.10. The lowest BCUT2D eigenvalue weighted by Gasteiger charge is -2.58. The molecule has 3 fully saturated rings. The molecule has 0 bridgehead atoms. The fraction of sp³-hybridized carbons (Fsp3) is 0.826. The minimum absolute atomic E-state index is 0.0323. The van der Waals surface area contributed by atoms with E-state index < -0.39 is 0 Å². The highest BCUT2D eigenvalue weighted by molar-refractivity contribution is 7.56. The van der Waals surface area contributed by atoms with Gasteiger partial charge in [-0.15, -0.1) is 0 Å². The summed E-state index contributed by atoms with van der Waals surface area (Å²) in [7, 11) is 0.230. The summed E-state index contributed by atoms with van der Waals surface area (Å²) in [4.78, 5) is 23.8. The first-order valence-corrected chi connectivity index (χ1v) is 12.4. The molecule has 0 radical (unpaired) electrons. The summed E-state index contributed by atoms with van der Waals surface area (Å²) in [5, 5.41) is 0. The average Bonchev–Trinajstić information content (AvgIpc) is 2.99. The van der Waals surface area contributed by atoms with Gasteiger partial charge in [-0.1, -0.05) is 19.4 Å². The Morgan fingerprint density at radius 1 is 1.15 bits per heavy atom. The van der Waals surface area contributed by atoms with Crippen molar-refractivity contribution < 1.29 is 14.3 Å². The molecule has 27 heavy (non-hydrogen) atoms. The summed E-state index contributed by atoms with van der Waals surface area (Å²) < 4.78 is 5.78. The third-order valence-corrected chi connectivity index (χ3v) is 9.63. The molecule has 3 saturated carbocycles. The number of rotatable bonds is 3. The van der Waals surface area contributed by atoms with E-state index in [1.807, 2.05) is 12.7 Å². The number of carbonyl (C=O) groups is 2. The van der Waals surface area contributed by atoms with Crippen LogP contribution in [0.15, 0.2) is 11.6 Å². The standard InChI is InChI=1S/C23H35O3P/c1-14(26-21(25)27-4)18-7-8-19-17-6-5-15-13-16(24)9-11-22(15,2)20(17)10-12-23(18,19)3/h13-14,17-20,27H,5-12H2,1-4H3/t14-,17?,18+,19?,20?,22-,23+/m0/s1. The lowest BCUT2D eigenvalue weighted by atomic mass is 9.46. The number of allylic oxidation sites excluding steroid dienone is 1. The van der Waals surface area contributed by atoms with Gasteiger partial charge >= 0.3 is 5.71 Å².